The third-order valence-corrected chi connectivity index (χ3v) is 3.58. The first kappa shape index (κ1) is 14.6. The largest absolute Gasteiger partial charge is 0.507 e. The van der Waals surface area contributed by atoms with Crippen LogP contribution in [0.4, 0.5) is 0 Å². The van der Waals surface area contributed by atoms with Gasteiger partial charge in [0.2, 0.25) is 0 Å². The summed E-state index contributed by atoms with van der Waals surface area (Å²) >= 11 is 3.32. The zero-order valence-electron chi connectivity index (χ0n) is 11.2. The summed E-state index contributed by atoms with van der Waals surface area (Å²) in [4.78, 5) is 23.6. The molecule has 0 atom stereocenters. The molecule has 106 valence electrons. The van der Waals surface area contributed by atoms with Crippen molar-refractivity contribution in [2.24, 2.45) is 0 Å². The minimum Gasteiger partial charge on any atom is -0.507 e. The summed E-state index contributed by atoms with van der Waals surface area (Å²) in [6.07, 6.45) is 1.25. The zero-order valence-corrected chi connectivity index (χ0v) is 12.8. The fourth-order valence-electron chi connectivity index (χ4n) is 1.73. The van der Waals surface area contributed by atoms with Gasteiger partial charge < -0.3 is 14.6 Å². The summed E-state index contributed by atoms with van der Waals surface area (Å²) in [7, 11) is 0. The molecule has 0 bridgehead atoms. The average Bonchev–Trinajstić information content (AvgIpc) is 2.28. The molecule has 0 unspecified atom stereocenters. The number of phenols is 1. The number of benzene rings is 1. The Labute approximate surface area is 124 Å². The molecule has 20 heavy (non-hydrogen) atoms. The summed E-state index contributed by atoms with van der Waals surface area (Å²) in [5.41, 5.74) is 0.904. The third kappa shape index (κ3) is 2.85. The summed E-state index contributed by atoms with van der Waals surface area (Å²) in [5, 5.41) is 9.85. The Hall–Kier alpha value is -1.82. The summed E-state index contributed by atoms with van der Waals surface area (Å²) in [5.74, 6) is -2.87. The van der Waals surface area contributed by atoms with E-state index in [0.29, 0.717) is 5.56 Å². The monoisotopic (exact) mass is 340 g/mol. The molecule has 1 aliphatic heterocycles. The van der Waals surface area contributed by atoms with Crippen LogP contribution in [0.15, 0.2) is 22.2 Å². The average molecular weight is 341 g/mol. The molecule has 1 aliphatic rings. The Kier molecular flexibility index (Phi) is 3.60. The normalized spacial score (nSPS) is 17.5. The van der Waals surface area contributed by atoms with E-state index in [-0.39, 0.29) is 11.3 Å². The Morgan fingerprint density at radius 1 is 1.20 bits per heavy atom. The number of aryl methyl sites for hydroxylation is 1. The van der Waals surface area contributed by atoms with E-state index >= 15 is 0 Å². The lowest BCUT2D eigenvalue weighted by Gasteiger charge is -2.29. The topological polar surface area (TPSA) is 72.8 Å². The van der Waals surface area contributed by atoms with Gasteiger partial charge in [0, 0.05) is 23.9 Å². The van der Waals surface area contributed by atoms with Crippen LogP contribution in [-0.4, -0.2) is 22.8 Å². The number of ether oxygens (including phenoxy) is 2. The second-order valence-corrected chi connectivity index (χ2v) is 5.75. The van der Waals surface area contributed by atoms with Crippen molar-refractivity contribution in [1.29, 1.82) is 0 Å². The highest BCUT2D eigenvalue weighted by Gasteiger charge is 2.38. The number of cyclic esters (lactones) is 2. The van der Waals surface area contributed by atoms with Gasteiger partial charge in [-0.2, -0.15) is 0 Å². The Bertz CT molecular complexity index is 609. The van der Waals surface area contributed by atoms with Crippen LogP contribution in [-0.2, 0) is 19.1 Å². The molecular formula is C14H13BrO5. The van der Waals surface area contributed by atoms with E-state index in [4.69, 9.17) is 9.47 Å². The molecule has 0 radical (unpaired) electrons. The molecule has 0 aliphatic carbocycles. The number of esters is 2. The van der Waals surface area contributed by atoms with Gasteiger partial charge in [0.15, 0.2) is 0 Å². The molecule has 1 fully saturated rings. The lowest BCUT2D eigenvalue weighted by molar-refractivity contribution is -0.222. The maximum absolute atomic E-state index is 11.8. The maximum atomic E-state index is 11.8. The zero-order chi connectivity index (χ0) is 15.1. The van der Waals surface area contributed by atoms with Gasteiger partial charge in [0.05, 0.1) is 0 Å². The van der Waals surface area contributed by atoms with Crippen LogP contribution in [0.25, 0.3) is 6.08 Å². The lowest BCUT2D eigenvalue weighted by Crippen LogP contribution is -2.41. The number of phenolic OH excluding ortho intramolecular Hbond substituents is 1. The minimum atomic E-state index is -1.28. The lowest BCUT2D eigenvalue weighted by atomic mass is 10.1. The van der Waals surface area contributed by atoms with Gasteiger partial charge in [-0.25, -0.2) is 9.59 Å². The number of hydrogen-bond acceptors (Lipinski definition) is 5. The van der Waals surface area contributed by atoms with Crippen LogP contribution >= 0.6 is 15.9 Å². The Morgan fingerprint density at radius 2 is 1.75 bits per heavy atom. The molecule has 6 heteroatoms. The first-order valence-electron chi connectivity index (χ1n) is 5.87. The SMILES string of the molecule is Cc1cc(O)c(C=C2C(=O)OC(C)(C)OC2=O)cc1Br. The van der Waals surface area contributed by atoms with Gasteiger partial charge in [-0.05, 0) is 30.7 Å². The van der Waals surface area contributed by atoms with E-state index in [1.165, 1.54) is 26.0 Å². The first-order chi connectivity index (χ1) is 9.19. The van der Waals surface area contributed by atoms with Gasteiger partial charge in [-0.3, -0.25) is 0 Å². The van der Waals surface area contributed by atoms with Crippen LogP contribution in [0.2, 0.25) is 0 Å². The van der Waals surface area contributed by atoms with Gasteiger partial charge >= 0.3 is 11.9 Å². The minimum absolute atomic E-state index is 0.0383. The van der Waals surface area contributed by atoms with Gasteiger partial charge in [0.1, 0.15) is 11.3 Å². The second kappa shape index (κ2) is 4.94. The van der Waals surface area contributed by atoms with E-state index in [1.807, 2.05) is 6.92 Å². The maximum Gasteiger partial charge on any atom is 0.348 e. The number of carbonyl (C=O) groups excluding carboxylic acids is 2. The highest BCUT2D eigenvalue weighted by Crippen LogP contribution is 2.30. The van der Waals surface area contributed by atoms with Crippen molar-refractivity contribution >= 4 is 33.9 Å². The fourth-order valence-corrected chi connectivity index (χ4v) is 2.09. The molecule has 1 saturated heterocycles. The van der Waals surface area contributed by atoms with Crippen molar-refractivity contribution in [2.75, 3.05) is 0 Å². The molecule has 5 nitrogen and oxygen atoms in total. The summed E-state index contributed by atoms with van der Waals surface area (Å²) < 4.78 is 10.7. The highest BCUT2D eigenvalue weighted by molar-refractivity contribution is 9.10. The summed E-state index contributed by atoms with van der Waals surface area (Å²) in [6.45, 7) is 4.76. The molecular weight excluding hydrogens is 328 g/mol. The molecule has 0 amide bonds. The van der Waals surface area contributed by atoms with Crippen LogP contribution in [0.1, 0.15) is 25.0 Å². The number of hydrogen-bond donors (Lipinski definition) is 1. The van der Waals surface area contributed by atoms with Crippen molar-refractivity contribution in [3.8, 4) is 5.75 Å². The van der Waals surface area contributed by atoms with Gasteiger partial charge in [-0.15, -0.1) is 0 Å². The molecule has 1 aromatic rings. The predicted molar refractivity (Wildman–Crippen MR) is 74.8 cm³/mol. The van der Waals surface area contributed by atoms with E-state index < -0.39 is 17.7 Å². The highest BCUT2D eigenvalue weighted by atomic mass is 79.9. The van der Waals surface area contributed by atoms with Crippen LogP contribution < -0.4 is 0 Å². The van der Waals surface area contributed by atoms with E-state index in [2.05, 4.69) is 15.9 Å². The standard InChI is InChI=1S/C14H13BrO5/c1-7-4-11(16)8(6-10(7)15)5-9-12(17)19-14(2,3)20-13(9)18/h4-6,16H,1-3H3. The van der Waals surface area contributed by atoms with Crippen LogP contribution in [0.3, 0.4) is 0 Å². The number of carbonyl (C=O) groups is 2. The van der Waals surface area contributed by atoms with E-state index in [0.717, 1.165) is 10.0 Å². The Balaban J connectivity index is 2.43. The number of rotatable bonds is 1. The van der Waals surface area contributed by atoms with E-state index in [1.54, 1.807) is 6.07 Å². The first-order valence-corrected chi connectivity index (χ1v) is 6.66. The van der Waals surface area contributed by atoms with Crippen molar-refractivity contribution in [1.82, 2.24) is 0 Å². The molecule has 1 heterocycles. The molecule has 0 spiro atoms. The summed E-state index contributed by atoms with van der Waals surface area (Å²) in [6, 6.07) is 3.14. The van der Waals surface area contributed by atoms with Crippen molar-refractivity contribution < 1.29 is 24.2 Å². The van der Waals surface area contributed by atoms with Crippen molar-refractivity contribution in [2.45, 2.75) is 26.6 Å². The quantitative estimate of drug-likeness (QED) is 0.483. The predicted octanol–water partition coefficient (Wildman–Crippen LogP) is 2.68. The molecule has 0 saturated carbocycles. The Morgan fingerprint density at radius 3 is 2.30 bits per heavy atom. The van der Waals surface area contributed by atoms with Crippen molar-refractivity contribution in [3.05, 3.63) is 33.3 Å². The van der Waals surface area contributed by atoms with Crippen molar-refractivity contribution in [3.63, 3.8) is 0 Å². The number of aromatic hydroxyl groups is 1. The van der Waals surface area contributed by atoms with Crippen LogP contribution in [0.5, 0.6) is 5.75 Å². The third-order valence-electron chi connectivity index (χ3n) is 2.72. The van der Waals surface area contributed by atoms with Gasteiger partial charge in [-0.1, -0.05) is 15.9 Å². The van der Waals surface area contributed by atoms with Crippen LogP contribution in [0, 0.1) is 6.92 Å². The van der Waals surface area contributed by atoms with E-state index in [9.17, 15) is 14.7 Å². The molecule has 0 aromatic heterocycles. The molecule has 2 rings (SSSR count). The fraction of sp³-hybridized carbons (Fsp3) is 0.286. The molecule has 1 N–H and O–H groups in total. The smallest absolute Gasteiger partial charge is 0.348 e. The molecule has 1 aromatic carbocycles. The second-order valence-electron chi connectivity index (χ2n) is 4.90. The number of halogens is 1. The van der Waals surface area contributed by atoms with Gasteiger partial charge in [0.25, 0.3) is 5.79 Å².